The van der Waals surface area contributed by atoms with Crippen LogP contribution in [0.25, 0.3) is 0 Å². The summed E-state index contributed by atoms with van der Waals surface area (Å²) in [5, 5.41) is 0. The first-order chi connectivity index (χ1) is 7.20. The SMILES string of the molecule is CC.Cc1cnc(C)c2c1CCOC2=O. The van der Waals surface area contributed by atoms with E-state index in [9.17, 15) is 4.79 Å². The normalized spacial score (nSPS) is 13.5. The fraction of sp³-hybridized carbons (Fsp3) is 0.500. The zero-order valence-corrected chi connectivity index (χ0v) is 9.76. The number of hydrogen-bond acceptors (Lipinski definition) is 3. The van der Waals surface area contributed by atoms with Crippen molar-refractivity contribution in [2.24, 2.45) is 0 Å². The Bertz CT molecular complexity index is 372. The molecule has 15 heavy (non-hydrogen) atoms. The molecule has 1 aromatic heterocycles. The third kappa shape index (κ3) is 2.17. The van der Waals surface area contributed by atoms with Gasteiger partial charge in [-0.2, -0.15) is 0 Å². The molecule has 3 heteroatoms. The standard InChI is InChI=1S/C10H11NO2.C2H6/c1-6-5-11-7(2)9-8(6)3-4-13-10(9)12;1-2/h5H,3-4H2,1-2H3;1-2H3. The average molecular weight is 207 g/mol. The van der Waals surface area contributed by atoms with Crippen LogP contribution in [0.5, 0.6) is 0 Å². The van der Waals surface area contributed by atoms with Gasteiger partial charge in [0, 0.05) is 12.6 Å². The maximum Gasteiger partial charge on any atom is 0.340 e. The van der Waals surface area contributed by atoms with Gasteiger partial charge in [0.05, 0.1) is 17.9 Å². The number of fused-ring (bicyclic) bond motifs is 1. The minimum atomic E-state index is -0.227. The topological polar surface area (TPSA) is 39.2 Å². The summed E-state index contributed by atoms with van der Waals surface area (Å²) >= 11 is 0. The molecule has 2 heterocycles. The number of cyclic esters (lactones) is 1. The minimum absolute atomic E-state index is 0.227. The van der Waals surface area contributed by atoms with E-state index in [0.717, 1.165) is 23.2 Å². The number of esters is 1. The third-order valence-electron chi connectivity index (χ3n) is 2.38. The number of hydrogen-bond donors (Lipinski definition) is 0. The fourth-order valence-corrected chi connectivity index (χ4v) is 1.66. The van der Waals surface area contributed by atoms with Crippen LogP contribution in [-0.4, -0.2) is 17.6 Å². The van der Waals surface area contributed by atoms with Crippen molar-refractivity contribution in [1.82, 2.24) is 4.98 Å². The van der Waals surface area contributed by atoms with Gasteiger partial charge in [-0.1, -0.05) is 13.8 Å². The van der Waals surface area contributed by atoms with Gasteiger partial charge < -0.3 is 4.74 Å². The lowest BCUT2D eigenvalue weighted by Crippen LogP contribution is -2.20. The summed E-state index contributed by atoms with van der Waals surface area (Å²) in [5.41, 5.74) is 3.62. The smallest absolute Gasteiger partial charge is 0.340 e. The molecule has 0 unspecified atom stereocenters. The van der Waals surface area contributed by atoms with Crippen molar-refractivity contribution < 1.29 is 9.53 Å². The Morgan fingerprint density at radius 1 is 1.33 bits per heavy atom. The Labute approximate surface area is 90.5 Å². The summed E-state index contributed by atoms with van der Waals surface area (Å²) < 4.78 is 4.96. The molecular weight excluding hydrogens is 190 g/mol. The van der Waals surface area contributed by atoms with Crippen LogP contribution in [0.4, 0.5) is 0 Å². The van der Waals surface area contributed by atoms with E-state index in [2.05, 4.69) is 4.98 Å². The number of ether oxygens (including phenoxy) is 1. The highest BCUT2D eigenvalue weighted by Gasteiger charge is 2.22. The molecule has 2 rings (SSSR count). The second-order valence-electron chi connectivity index (χ2n) is 3.27. The molecule has 0 N–H and O–H groups in total. The first-order valence-corrected chi connectivity index (χ1v) is 5.32. The first-order valence-electron chi connectivity index (χ1n) is 5.32. The van der Waals surface area contributed by atoms with Gasteiger partial charge in [-0.15, -0.1) is 0 Å². The molecule has 0 bridgehead atoms. The molecule has 0 aromatic carbocycles. The summed E-state index contributed by atoms with van der Waals surface area (Å²) in [5.74, 6) is -0.227. The van der Waals surface area contributed by atoms with E-state index in [1.54, 1.807) is 0 Å². The van der Waals surface area contributed by atoms with E-state index in [1.165, 1.54) is 0 Å². The molecule has 82 valence electrons. The molecule has 3 nitrogen and oxygen atoms in total. The van der Waals surface area contributed by atoms with Crippen LogP contribution in [0, 0.1) is 13.8 Å². The lowest BCUT2D eigenvalue weighted by Gasteiger charge is -2.18. The molecule has 0 aliphatic carbocycles. The van der Waals surface area contributed by atoms with Crippen molar-refractivity contribution in [2.75, 3.05) is 6.61 Å². The third-order valence-corrected chi connectivity index (χ3v) is 2.38. The predicted molar refractivity (Wildman–Crippen MR) is 59.0 cm³/mol. The monoisotopic (exact) mass is 207 g/mol. The molecule has 0 radical (unpaired) electrons. The zero-order chi connectivity index (χ0) is 11.4. The maximum absolute atomic E-state index is 11.4. The lowest BCUT2D eigenvalue weighted by molar-refractivity contribution is 0.0478. The highest BCUT2D eigenvalue weighted by atomic mass is 16.5. The number of aromatic nitrogens is 1. The fourth-order valence-electron chi connectivity index (χ4n) is 1.66. The quantitative estimate of drug-likeness (QED) is 0.613. The summed E-state index contributed by atoms with van der Waals surface area (Å²) in [6, 6.07) is 0. The Morgan fingerprint density at radius 3 is 2.60 bits per heavy atom. The Morgan fingerprint density at radius 2 is 2.00 bits per heavy atom. The van der Waals surface area contributed by atoms with Crippen LogP contribution in [0.3, 0.4) is 0 Å². The largest absolute Gasteiger partial charge is 0.462 e. The van der Waals surface area contributed by atoms with Crippen LogP contribution in [0.2, 0.25) is 0 Å². The number of aryl methyl sites for hydroxylation is 2. The highest BCUT2D eigenvalue weighted by molar-refractivity contribution is 5.93. The highest BCUT2D eigenvalue weighted by Crippen LogP contribution is 2.21. The summed E-state index contributed by atoms with van der Waals surface area (Å²) in [4.78, 5) is 15.5. The maximum atomic E-state index is 11.4. The second-order valence-corrected chi connectivity index (χ2v) is 3.27. The average Bonchev–Trinajstić information content (AvgIpc) is 2.26. The predicted octanol–water partition coefficient (Wildman–Crippen LogP) is 2.44. The van der Waals surface area contributed by atoms with Crippen LogP contribution < -0.4 is 0 Å². The van der Waals surface area contributed by atoms with Crippen LogP contribution in [0.15, 0.2) is 6.20 Å². The van der Waals surface area contributed by atoms with Crippen LogP contribution in [0.1, 0.15) is 41.0 Å². The molecule has 1 aliphatic heterocycles. The van der Waals surface area contributed by atoms with Crippen LogP contribution in [-0.2, 0) is 11.2 Å². The Hall–Kier alpha value is -1.38. The van der Waals surface area contributed by atoms with Crippen LogP contribution >= 0.6 is 0 Å². The number of nitrogens with zero attached hydrogens (tertiary/aromatic N) is 1. The molecule has 1 aromatic rings. The Kier molecular flexibility index (Phi) is 3.83. The first kappa shape index (κ1) is 11.7. The van der Waals surface area contributed by atoms with E-state index in [1.807, 2.05) is 33.9 Å². The van der Waals surface area contributed by atoms with Crippen molar-refractivity contribution in [3.8, 4) is 0 Å². The molecule has 0 saturated carbocycles. The number of rotatable bonds is 0. The summed E-state index contributed by atoms with van der Waals surface area (Å²) in [6.45, 7) is 8.31. The van der Waals surface area contributed by atoms with Crippen molar-refractivity contribution in [3.05, 3.63) is 28.6 Å². The van der Waals surface area contributed by atoms with E-state index in [-0.39, 0.29) is 5.97 Å². The van der Waals surface area contributed by atoms with E-state index in [4.69, 9.17) is 4.74 Å². The molecule has 0 fully saturated rings. The van der Waals surface area contributed by atoms with E-state index >= 15 is 0 Å². The number of carbonyl (C=O) groups excluding carboxylic acids is 1. The van der Waals surface area contributed by atoms with Gasteiger partial charge in [-0.25, -0.2) is 4.79 Å². The molecular formula is C12H17NO2. The van der Waals surface area contributed by atoms with Crippen molar-refractivity contribution in [2.45, 2.75) is 34.1 Å². The van der Waals surface area contributed by atoms with Gasteiger partial charge in [0.15, 0.2) is 0 Å². The Balaban J connectivity index is 0.000000531. The molecule has 0 atom stereocenters. The summed E-state index contributed by atoms with van der Waals surface area (Å²) in [7, 11) is 0. The van der Waals surface area contributed by atoms with Gasteiger partial charge in [-0.05, 0) is 25.0 Å². The van der Waals surface area contributed by atoms with E-state index < -0.39 is 0 Å². The van der Waals surface area contributed by atoms with Crippen molar-refractivity contribution >= 4 is 5.97 Å². The van der Waals surface area contributed by atoms with Gasteiger partial charge in [0.2, 0.25) is 0 Å². The van der Waals surface area contributed by atoms with Gasteiger partial charge >= 0.3 is 5.97 Å². The molecule has 0 amide bonds. The van der Waals surface area contributed by atoms with Crippen molar-refractivity contribution in [1.29, 1.82) is 0 Å². The number of carbonyl (C=O) groups is 1. The van der Waals surface area contributed by atoms with Gasteiger partial charge in [-0.3, -0.25) is 4.98 Å². The van der Waals surface area contributed by atoms with Crippen molar-refractivity contribution in [3.63, 3.8) is 0 Å². The number of pyridine rings is 1. The molecule has 0 saturated heterocycles. The van der Waals surface area contributed by atoms with E-state index in [0.29, 0.717) is 12.2 Å². The molecule has 0 spiro atoms. The molecule has 1 aliphatic rings. The summed E-state index contributed by atoms with van der Waals surface area (Å²) in [6.07, 6.45) is 2.63. The van der Waals surface area contributed by atoms with Gasteiger partial charge in [0.1, 0.15) is 0 Å². The zero-order valence-electron chi connectivity index (χ0n) is 9.76. The lowest BCUT2D eigenvalue weighted by atomic mass is 9.98. The minimum Gasteiger partial charge on any atom is -0.462 e. The second kappa shape index (κ2) is 4.91. The van der Waals surface area contributed by atoms with Gasteiger partial charge in [0.25, 0.3) is 0 Å².